The van der Waals surface area contributed by atoms with E-state index >= 15 is 0 Å². The van der Waals surface area contributed by atoms with E-state index in [1.165, 1.54) is 22.3 Å². The van der Waals surface area contributed by atoms with Gasteiger partial charge in [0.05, 0.1) is 25.4 Å². The molecule has 1 saturated heterocycles. The van der Waals surface area contributed by atoms with Crippen LogP contribution in [0.2, 0.25) is 0 Å². The summed E-state index contributed by atoms with van der Waals surface area (Å²) < 4.78 is 17.6. The van der Waals surface area contributed by atoms with Gasteiger partial charge in [-0.2, -0.15) is 0 Å². The van der Waals surface area contributed by atoms with E-state index in [1.807, 2.05) is 0 Å². The van der Waals surface area contributed by atoms with Crippen molar-refractivity contribution in [2.24, 2.45) is 0 Å². The van der Waals surface area contributed by atoms with Crippen LogP contribution in [-0.2, 0) is 17.7 Å². The molecule has 0 spiro atoms. The van der Waals surface area contributed by atoms with Crippen molar-refractivity contribution >= 4 is 0 Å². The monoisotopic (exact) mass is 412 g/mol. The zero-order valence-corrected chi connectivity index (χ0v) is 18.6. The highest BCUT2D eigenvalue weighted by molar-refractivity contribution is 5.48. The number of nitrogens with two attached hydrogens (primary N) is 1. The zero-order valence-electron chi connectivity index (χ0n) is 18.6. The molecule has 5 heteroatoms. The first kappa shape index (κ1) is 21.2. The Hall–Kier alpha value is -2.08. The molecule has 162 valence electrons. The minimum atomic E-state index is 0.249. The average Bonchev–Trinajstić information content (AvgIpc) is 3.11. The first-order chi connectivity index (χ1) is 14.6. The summed E-state index contributed by atoms with van der Waals surface area (Å²) in [6, 6.07) is 13.8. The molecule has 2 aromatic rings. The molecule has 2 atom stereocenters. The van der Waals surface area contributed by atoms with Crippen LogP contribution in [-0.4, -0.2) is 45.6 Å². The summed E-state index contributed by atoms with van der Waals surface area (Å²) in [4.78, 5) is 1.62. The van der Waals surface area contributed by atoms with Crippen molar-refractivity contribution in [3.8, 4) is 11.5 Å². The third kappa shape index (κ3) is 5.15. The van der Waals surface area contributed by atoms with Gasteiger partial charge in [0.25, 0.3) is 0 Å². The number of aryl methyl sites for hydroxylation is 1. The third-order valence-corrected chi connectivity index (χ3v) is 6.22. The minimum Gasteiger partial charge on any atom is -0.493 e. The van der Waals surface area contributed by atoms with Crippen LogP contribution in [0.5, 0.6) is 11.5 Å². The highest BCUT2D eigenvalue weighted by atomic mass is 16.5. The SMILES string of the molecule is CCOc1cc2c(cc1C[NH2+][C@H](C[NH+]1CCOCC1)c1ccc(C)cc1)O[C@H](C)C2. The number of morpholine rings is 1. The summed E-state index contributed by atoms with van der Waals surface area (Å²) in [6.45, 7) is 12.9. The maximum absolute atomic E-state index is 6.02. The van der Waals surface area contributed by atoms with Gasteiger partial charge in [-0.25, -0.2) is 0 Å². The van der Waals surface area contributed by atoms with E-state index in [0.717, 1.165) is 57.3 Å². The Bertz CT molecular complexity index is 831. The summed E-state index contributed by atoms with van der Waals surface area (Å²) in [6.07, 6.45) is 1.21. The molecule has 5 nitrogen and oxygen atoms in total. The normalized spacial score (nSPS) is 19.9. The molecule has 3 N–H and O–H groups in total. The van der Waals surface area contributed by atoms with E-state index in [4.69, 9.17) is 14.2 Å². The summed E-state index contributed by atoms with van der Waals surface area (Å²) in [7, 11) is 0. The molecule has 0 aliphatic carbocycles. The Morgan fingerprint density at radius 3 is 2.67 bits per heavy atom. The van der Waals surface area contributed by atoms with Crippen LogP contribution >= 0.6 is 0 Å². The Morgan fingerprint density at radius 2 is 1.93 bits per heavy atom. The summed E-state index contributed by atoms with van der Waals surface area (Å²) in [5.41, 5.74) is 5.18. The molecule has 4 rings (SSSR count). The topological polar surface area (TPSA) is 48.7 Å². The predicted octanol–water partition coefficient (Wildman–Crippen LogP) is 1.44. The van der Waals surface area contributed by atoms with Crippen LogP contribution in [0.4, 0.5) is 0 Å². The van der Waals surface area contributed by atoms with Gasteiger partial charge in [-0.15, -0.1) is 0 Å². The smallest absolute Gasteiger partial charge is 0.161 e. The summed E-state index contributed by atoms with van der Waals surface area (Å²) >= 11 is 0. The van der Waals surface area contributed by atoms with Gasteiger partial charge in [0.1, 0.15) is 43.8 Å². The van der Waals surface area contributed by atoms with Gasteiger partial charge in [0, 0.05) is 17.5 Å². The van der Waals surface area contributed by atoms with E-state index in [1.54, 1.807) is 4.90 Å². The Labute approximate surface area is 180 Å². The second-order valence-corrected chi connectivity index (χ2v) is 8.66. The highest BCUT2D eigenvalue weighted by Crippen LogP contribution is 2.34. The number of fused-ring (bicyclic) bond motifs is 1. The molecule has 2 aromatic carbocycles. The molecular formula is C25H36N2O3+2. The number of rotatable bonds is 8. The van der Waals surface area contributed by atoms with E-state index < -0.39 is 0 Å². The molecule has 2 aliphatic rings. The zero-order chi connectivity index (χ0) is 20.9. The largest absolute Gasteiger partial charge is 0.493 e. The number of ether oxygens (including phenoxy) is 3. The minimum absolute atomic E-state index is 0.249. The van der Waals surface area contributed by atoms with Crippen LogP contribution in [0.1, 0.15) is 42.1 Å². The number of nitrogens with one attached hydrogen (secondary N) is 1. The lowest BCUT2D eigenvalue weighted by Crippen LogP contribution is -3.16. The molecule has 30 heavy (non-hydrogen) atoms. The number of hydrogen-bond donors (Lipinski definition) is 2. The lowest BCUT2D eigenvalue weighted by molar-refractivity contribution is -0.929. The lowest BCUT2D eigenvalue weighted by Gasteiger charge is -2.27. The van der Waals surface area contributed by atoms with Gasteiger partial charge >= 0.3 is 0 Å². The number of hydrogen-bond acceptors (Lipinski definition) is 3. The van der Waals surface area contributed by atoms with Gasteiger partial charge in [-0.3, -0.25) is 0 Å². The molecule has 0 aromatic heterocycles. The molecular weight excluding hydrogens is 376 g/mol. The second kappa shape index (κ2) is 9.82. The van der Waals surface area contributed by atoms with Gasteiger partial charge in [0.15, 0.2) is 6.04 Å². The first-order valence-electron chi connectivity index (χ1n) is 11.4. The predicted molar refractivity (Wildman–Crippen MR) is 117 cm³/mol. The maximum Gasteiger partial charge on any atom is 0.161 e. The maximum atomic E-state index is 6.02. The fourth-order valence-corrected chi connectivity index (χ4v) is 4.53. The van der Waals surface area contributed by atoms with Crippen molar-refractivity contribution in [2.45, 2.75) is 45.9 Å². The molecule has 0 radical (unpaired) electrons. The van der Waals surface area contributed by atoms with Gasteiger partial charge in [-0.05, 0) is 32.9 Å². The van der Waals surface area contributed by atoms with Gasteiger partial charge < -0.3 is 24.4 Å². The molecule has 0 bridgehead atoms. The van der Waals surface area contributed by atoms with Crippen LogP contribution in [0.25, 0.3) is 0 Å². The molecule has 2 heterocycles. The van der Waals surface area contributed by atoms with E-state index in [0.29, 0.717) is 12.6 Å². The summed E-state index contributed by atoms with van der Waals surface area (Å²) in [5.74, 6) is 2.03. The van der Waals surface area contributed by atoms with Crippen LogP contribution in [0.15, 0.2) is 36.4 Å². The Morgan fingerprint density at radius 1 is 1.17 bits per heavy atom. The van der Waals surface area contributed by atoms with Crippen LogP contribution in [0.3, 0.4) is 0 Å². The standard InChI is InChI=1S/C25H34N2O3/c1-4-29-24-14-21-13-19(3)30-25(21)15-22(24)16-26-23(17-27-9-11-28-12-10-27)20-7-5-18(2)6-8-20/h5-8,14-15,19,23,26H,4,9-13,16-17H2,1-3H3/p+2/t19-,23-/m1/s1. The Balaban J connectivity index is 1.52. The van der Waals surface area contributed by atoms with Crippen molar-refractivity contribution in [3.63, 3.8) is 0 Å². The lowest BCUT2D eigenvalue weighted by atomic mass is 10.0. The van der Waals surface area contributed by atoms with Crippen molar-refractivity contribution in [2.75, 3.05) is 39.5 Å². The van der Waals surface area contributed by atoms with E-state index in [-0.39, 0.29) is 6.10 Å². The molecule has 2 aliphatic heterocycles. The van der Waals surface area contributed by atoms with E-state index in [9.17, 15) is 0 Å². The molecule has 0 unspecified atom stereocenters. The molecule has 1 fully saturated rings. The highest BCUT2D eigenvalue weighted by Gasteiger charge is 2.26. The van der Waals surface area contributed by atoms with Crippen molar-refractivity contribution in [1.29, 1.82) is 0 Å². The van der Waals surface area contributed by atoms with Crippen LogP contribution < -0.4 is 19.7 Å². The quantitative estimate of drug-likeness (QED) is 0.690. The van der Waals surface area contributed by atoms with Crippen molar-refractivity contribution in [3.05, 3.63) is 58.7 Å². The number of benzene rings is 2. The van der Waals surface area contributed by atoms with Crippen molar-refractivity contribution < 1.29 is 24.4 Å². The average molecular weight is 413 g/mol. The van der Waals surface area contributed by atoms with E-state index in [2.05, 4.69) is 62.5 Å². The third-order valence-electron chi connectivity index (χ3n) is 6.22. The first-order valence-corrected chi connectivity index (χ1v) is 11.4. The Kier molecular flexibility index (Phi) is 6.93. The fraction of sp³-hybridized carbons (Fsp3) is 0.520. The van der Waals surface area contributed by atoms with Gasteiger partial charge in [-0.1, -0.05) is 29.8 Å². The fourth-order valence-electron chi connectivity index (χ4n) is 4.53. The van der Waals surface area contributed by atoms with Crippen molar-refractivity contribution in [1.82, 2.24) is 0 Å². The number of quaternary nitrogens is 2. The van der Waals surface area contributed by atoms with Crippen LogP contribution in [0, 0.1) is 6.92 Å². The molecule has 0 amide bonds. The second-order valence-electron chi connectivity index (χ2n) is 8.66. The summed E-state index contributed by atoms with van der Waals surface area (Å²) in [5, 5.41) is 2.47. The molecule has 0 saturated carbocycles. The van der Waals surface area contributed by atoms with Gasteiger partial charge in [0.2, 0.25) is 0 Å².